The van der Waals surface area contributed by atoms with Crippen LogP contribution in [0.4, 0.5) is 5.69 Å². The average molecular weight is 313 g/mol. The monoisotopic (exact) mass is 313 g/mol. The van der Waals surface area contributed by atoms with Crippen LogP contribution in [0.15, 0.2) is 53.7 Å². The Morgan fingerprint density at radius 2 is 2.09 bits per heavy atom. The number of thioether (sulfide) groups is 1. The van der Waals surface area contributed by atoms with Gasteiger partial charge in [0.15, 0.2) is 0 Å². The molecule has 0 radical (unpaired) electrons. The highest BCUT2D eigenvalue weighted by Gasteiger charge is 2.19. The van der Waals surface area contributed by atoms with E-state index in [-0.39, 0.29) is 0 Å². The van der Waals surface area contributed by atoms with E-state index in [1.807, 2.05) is 18.5 Å². The number of hydrogen-bond acceptors (Lipinski definition) is 4. The molecule has 0 aliphatic carbocycles. The number of likely N-dealkylation sites (tertiary alicyclic amines) is 1. The van der Waals surface area contributed by atoms with Gasteiger partial charge in [-0.3, -0.25) is 9.88 Å². The van der Waals surface area contributed by atoms with E-state index in [1.54, 1.807) is 11.8 Å². The molecule has 3 nitrogen and oxygen atoms in total. The van der Waals surface area contributed by atoms with E-state index in [1.165, 1.54) is 29.0 Å². The highest BCUT2D eigenvalue weighted by Crippen LogP contribution is 2.22. The first kappa shape index (κ1) is 15.4. The topological polar surface area (TPSA) is 28.2 Å². The van der Waals surface area contributed by atoms with Crippen molar-refractivity contribution in [3.8, 4) is 0 Å². The molecule has 0 amide bonds. The van der Waals surface area contributed by atoms with E-state index in [9.17, 15) is 0 Å². The SMILES string of the molecule is CSc1cccc(NC2CCN(Cc3cccnc3)CC2)c1. The largest absolute Gasteiger partial charge is 0.382 e. The van der Waals surface area contributed by atoms with Crippen LogP contribution < -0.4 is 5.32 Å². The van der Waals surface area contributed by atoms with Crippen LogP contribution in [0, 0.1) is 0 Å². The van der Waals surface area contributed by atoms with Gasteiger partial charge in [0.2, 0.25) is 0 Å². The maximum absolute atomic E-state index is 4.20. The molecule has 0 atom stereocenters. The van der Waals surface area contributed by atoms with Crippen molar-refractivity contribution in [3.05, 3.63) is 54.4 Å². The van der Waals surface area contributed by atoms with Crippen molar-refractivity contribution in [1.82, 2.24) is 9.88 Å². The number of anilines is 1. The van der Waals surface area contributed by atoms with E-state index in [2.05, 4.69) is 51.8 Å². The molecule has 0 saturated carbocycles. The van der Waals surface area contributed by atoms with Gasteiger partial charge in [0.1, 0.15) is 0 Å². The predicted octanol–water partition coefficient (Wildman–Crippen LogP) is 3.88. The van der Waals surface area contributed by atoms with Crippen LogP contribution in [0.2, 0.25) is 0 Å². The Bertz CT molecular complexity index is 580. The minimum Gasteiger partial charge on any atom is -0.382 e. The fraction of sp³-hybridized carbons (Fsp3) is 0.389. The molecule has 0 unspecified atom stereocenters. The average Bonchev–Trinajstić information content (AvgIpc) is 2.58. The number of nitrogens with zero attached hydrogens (tertiary/aromatic N) is 2. The van der Waals surface area contributed by atoms with Crippen LogP contribution in [-0.4, -0.2) is 35.3 Å². The zero-order chi connectivity index (χ0) is 15.2. The fourth-order valence-electron chi connectivity index (χ4n) is 2.93. The quantitative estimate of drug-likeness (QED) is 0.848. The number of rotatable bonds is 5. The summed E-state index contributed by atoms with van der Waals surface area (Å²) in [4.78, 5) is 8.04. The molecule has 1 aliphatic rings. The zero-order valence-corrected chi connectivity index (χ0v) is 13.9. The second kappa shape index (κ2) is 7.65. The molecule has 0 bridgehead atoms. The number of piperidine rings is 1. The smallest absolute Gasteiger partial charge is 0.0353 e. The van der Waals surface area contributed by atoms with Crippen molar-refractivity contribution < 1.29 is 0 Å². The first-order valence-electron chi connectivity index (χ1n) is 7.85. The highest BCUT2D eigenvalue weighted by atomic mass is 32.2. The first-order valence-corrected chi connectivity index (χ1v) is 9.08. The van der Waals surface area contributed by atoms with Crippen LogP contribution in [0.1, 0.15) is 18.4 Å². The van der Waals surface area contributed by atoms with Crippen molar-refractivity contribution in [2.45, 2.75) is 30.3 Å². The molecule has 1 N–H and O–H groups in total. The lowest BCUT2D eigenvalue weighted by atomic mass is 10.0. The van der Waals surface area contributed by atoms with Gasteiger partial charge < -0.3 is 5.32 Å². The number of nitrogens with one attached hydrogen (secondary N) is 1. The maximum atomic E-state index is 4.20. The molecule has 1 aliphatic heterocycles. The number of benzene rings is 1. The van der Waals surface area contributed by atoms with Crippen molar-refractivity contribution in [1.29, 1.82) is 0 Å². The number of aromatic nitrogens is 1. The number of pyridine rings is 1. The molecule has 1 aromatic carbocycles. The summed E-state index contributed by atoms with van der Waals surface area (Å²) < 4.78 is 0. The predicted molar refractivity (Wildman–Crippen MR) is 94.4 cm³/mol. The summed E-state index contributed by atoms with van der Waals surface area (Å²) in [5, 5.41) is 3.69. The van der Waals surface area contributed by atoms with Gasteiger partial charge in [-0.2, -0.15) is 0 Å². The Morgan fingerprint density at radius 1 is 1.23 bits per heavy atom. The Kier molecular flexibility index (Phi) is 5.35. The van der Waals surface area contributed by atoms with Gasteiger partial charge in [-0.15, -0.1) is 11.8 Å². The molecule has 3 rings (SSSR count). The molecule has 0 spiro atoms. The Labute approximate surface area is 137 Å². The van der Waals surface area contributed by atoms with Crippen molar-refractivity contribution in [2.75, 3.05) is 24.7 Å². The van der Waals surface area contributed by atoms with Crippen LogP contribution in [0.25, 0.3) is 0 Å². The first-order chi connectivity index (χ1) is 10.8. The van der Waals surface area contributed by atoms with Gasteiger partial charge in [0.05, 0.1) is 0 Å². The van der Waals surface area contributed by atoms with E-state index in [0.29, 0.717) is 6.04 Å². The summed E-state index contributed by atoms with van der Waals surface area (Å²) in [5.74, 6) is 0. The maximum Gasteiger partial charge on any atom is 0.0353 e. The van der Waals surface area contributed by atoms with Crippen LogP contribution in [0.5, 0.6) is 0 Å². The molecule has 2 heterocycles. The molecule has 2 aromatic rings. The molecule has 22 heavy (non-hydrogen) atoms. The standard InChI is InChI=1S/C18H23N3S/c1-22-18-6-2-5-17(12-18)20-16-7-10-21(11-8-16)14-15-4-3-9-19-13-15/h2-6,9,12-13,16,20H,7-8,10-11,14H2,1H3. The van der Waals surface area contributed by atoms with Gasteiger partial charge >= 0.3 is 0 Å². The van der Waals surface area contributed by atoms with Gasteiger partial charge in [-0.1, -0.05) is 12.1 Å². The lowest BCUT2D eigenvalue weighted by molar-refractivity contribution is 0.211. The van der Waals surface area contributed by atoms with Crippen LogP contribution in [0.3, 0.4) is 0 Å². The number of hydrogen-bond donors (Lipinski definition) is 1. The van der Waals surface area contributed by atoms with E-state index in [0.717, 1.165) is 19.6 Å². The molecule has 1 aromatic heterocycles. The second-order valence-electron chi connectivity index (χ2n) is 5.79. The van der Waals surface area contributed by atoms with E-state index in [4.69, 9.17) is 0 Å². The molecule has 4 heteroatoms. The molecule has 1 fully saturated rings. The van der Waals surface area contributed by atoms with E-state index >= 15 is 0 Å². The Morgan fingerprint density at radius 3 is 2.82 bits per heavy atom. The summed E-state index contributed by atoms with van der Waals surface area (Å²) in [6.45, 7) is 3.31. The lowest BCUT2D eigenvalue weighted by Crippen LogP contribution is -2.38. The van der Waals surface area contributed by atoms with Crippen LogP contribution in [-0.2, 0) is 6.54 Å². The minimum atomic E-state index is 0.585. The molecule has 116 valence electrons. The van der Waals surface area contributed by atoms with Crippen molar-refractivity contribution in [2.24, 2.45) is 0 Å². The molecule has 1 saturated heterocycles. The highest BCUT2D eigenvalue weighted by molar-refractivity contribution is 7.98. The van der Waals surface area contributed by atoms with Gasteiger partial charge in [0.25, 0.3) is 0 Å². The summed E-state index contributed by atoms with van der Waals surface area (Å²) in [7, 11) is 0. The normalized spacial score (nSPS) is 16.6. The summed E-state index contributed by atoms with van der Waals surface area (Å²) >= 11 is 1.79. The summed E-state index contributed by atoms with van der Waals surface area (Å²) in [6, 6.07) is 13.5. The lowest BCUT2D eigenvalue weighted by Gasteiger charge is -2.32. The van der Waals surface area contributed by atoms with Crippen molar-refractivity contribution >= 4 is 17.4 Å². The minimum absolute atomic E-state index is 0.585. The zero-order valence-electron chi connectivity index (χ0n) is 13.0. The summed E-state index contributed by atoms with van der Waals surface area (Å²) in [6.07, 6.45) is 8.32. The van der Waals surface area contributed by atoms with Gasteiger partial charge in [-0.05, 0) is 48.9 Å². The third-order valence-corrected chi connectivity index (χ3v) is 4.88. The fourth-order valence-corrected chi connectivity index (χ4v) is 3.39. The van der Waals surface area contributed by atoms with Crippen molar-refractivity contribution in [3.63, 3.8) is 0 Å². The molecular weight excluding hydrogens is 290 g/mol. The van der Waals surface area contributed by atoms with Crippen LogP contribution >= 0.6 is 11.8 Å². The second-order valence-corrected chi connectivity index (χ2v) is 6.67. The Hall–Kier alpha value is -1.52. The summed E-state index contributed by atoms with van der Waals surface area (Å²) in [5.41, 5.74) is 2.55. The third kappa shape index (κ3) is 4.24. The van der Waals surface area contributed by atoms with Gasteiger partial charge in [-0.25, -0.2) is 0 Å². The Balaban J connectivity index is 1.49. The third-order valence-electron chi connectivity index (χ3n) is 4.16. The van der Waals surface area contributed by atoms with Gasteiger partial charge in [0, 0.05) is 48.7 Å². The molecular formula is C18H23N3S. The van der Waals surface area contributed by atoms with E-state index < -0.39 is 0 Å².